The van der Waals surface area contributed by atoms with Gasteiger partial charge in [-0.15, -0.1) is 0 Å². The van der Waals surface area contributed by atoms with E-state index in [1.807, 2.05) is 6.92 Å². The van der Waals surface area contributed by atoms with Crippen LogP contribution in [-0.2, 0) is 4.74 Å². The monoisotopic (exact) mass is 255 g/mol. The van der Waals surface area contributed by atoms with Crippen molar-refractivity contribution in [2.45, 2.75) is 58.2 Å². The van der Waals surface area contributed by atoms with Crippen molar-refractivity contribution in [3.05, 3.63) is 0 Å². The minimum atomic E-state index is -4.06. The van der Waals surface area contributed by atoms with Crippen molar-refractivity contribution < 1.29 is 17.9 Å². The summed E-state index contributed by atoms with van der Waals surface area (Å²) in [5.74, 6) is 0. The van der Waals surface area contributed by atoms with E-state index in [0.717, 1.165) is 13.0 Å². The topological polar surface area (TPSA) is 21.3 Å². The zero-order valence-electron chi connectivity index (χ0n) is 10.8. The van der Waals surface area contributed by atoms with Crippen LogP contribution in [0.25, 0.3) is 0 Å². The Morgan fingerprint density at radius 1 is 1.18 bits per heavy atom. The van der Waals surface area contributed by atoms with Crippen LogP contribution < -0.4 is 5.32 Å². The molecule has 0 aromatic rings. The number of alkyl halides is 3. The van der Waals surface area contributed by atoms with Crippen LogP contribution in [-0.4, -0.2) is 32.0 Å². The first kappa shape index (κ1) is 16.7. The van der Waals surface area contributed by atoms with Gasteiger partial charge in [-0.25, -0.2) is 0 Å². The molecule has 0 radical (unpaired) electrons. The van der Waals surface area contributed by atoms with Gasteiger partial charge in [0.25, 0.3) is 0 Å². The molecule has 0 rings (SSSR count). The molecule has 5 heteroatoms. The van der Waals surface area contributed by atoms with Gasteiger partial charge >= 0.3 is 6.18 Å². The van der Waals surface area contributed by atoms with Gasteiger partial charge in [0, 0.05) is 19.6 Å². The summed E-state index contributed by atoms with van der Waals surface area (Å²) in [6.07, 6.45) is -1.28. The van der Waals surface area contributed by atoms with Crippen molar-refractivity contribution >= 4 is 0 Å². The zero-order valence-corrected chi connectivity index (χ0v) is 10.8. The molecule has 0 spiro atoms. The molecule has 104 valence electrons. The molecule has 0 aliphatic rings. The summed E-state index contributed by atoms with van der Waals surface area (Å²) >= 11 is 0. The lowest BCUT2D eigenvalue weighted by atomic mass is 10.2. The third-order valence-corrected chi connectivity index (χ3v) is 2.40. The molecule has 0 aromatic carbocycles. The molecule has 0 saturated heterocycles. The molecule has 1 N–H and O–H groups in total. The number of rotatable bonds is 10. The summed E-state index contributed by atoms with van der Waals surface area (Å²) in [7, 11) is 0. The van der Waals surface area contributed by atoms with Crippen LogP contribution in [0.1, 0.15) is 46.0 Å². The Balaban J connectivity index is 3.26. The van der Waals surface area contributed by atoms with Gasteiger partial charge in [-0.1, -0.05) is 19.8 Å². The van der Waals surface area contributed by atoms with Crippen LogP contribution in [0.2, 0.25) is 0 Å². The maximum absolute atomic E-state index is 11.8. The zero-order chi connectivity index (χ0) is 13.1. The third kappa shape index (κ3) is 13.6. The second-order valence-corrected chi connectivity index (χ2v) is 4.31. The van der Waals surface area contributed by atoms with Crippen molar-refractivity contribution in [3.63, 3.8) is 0 Å². The largest absolute Gasteiger partial charge is 0.389 e. The highest BCUT2D eigenvalue weighted by molar-refractivity contribution is 4.57. The Kier molecular flexibility index (Phi) is 9.55. The maximum atomic E-state index is 11.8. The van der Waals surface area contributed by atoms with Crippen molar-refractivity contribution in [2.75, 3.05) is 19.7 Å². The molecule has 2 nitrogen and oxygen atoms in total. The minimum absolute atomic E-state index is 0.0233. The molecule has 1 unspecified atom stereocenters. The second-order valence-electron chi connectivity index (χ2n) is 4.31. The van der Waals surface area contributed by atoms with Crippen LogP contribution in [0.15, 0.2) is 0 Å². The van der Waals surface area contributed by atoms with E-state index < -0.39 is 12.6 Å². The lowest BCUT2D eigenvalue weighted by molar-refractivity contribution is -0.138. The van der Waals surface area contributed by atoms with Gasteiger partial charge in [-0.2, -0.15) is 13.2 Å². The van der Waals surface area contributed by atoms with Crippen molar-refractivity contribution in [1.29, 1.82) is 0 Å². The summed E-state index contributed by atoms with van der Waals surface area (Å²) in [5.41, 5.74) is 0. The molecule has 0 aromatic heterocycles. The van der Waals surface area contributed by atoms with Crippen LogP contribution in [0, 0.1) is 0 Å². The van der Waals surface area contributed by atoms with Gasteiger partial charge in [-0.3, -0.25) is 0 Å². The van der Waals surface area contributed by atoms with Gasteiger partial charge < -0.3 is 10.1 Å². The summed E-state index contributed by atoms with van der Waals surface area (Å²) < 4.78 is 40.8. The molecule has 0 saturated carbocycles. The van der Waals surface area contributed by atoms with E-state index in [2.05, 4.69) is 12.2 Å². The molecule has 1 atom stereocenters. The molecule has 17 heavy (non-hydrogen) atoms. The van der Waals surface area contributed by atoms with Crippen LogP contribution in [0.3, 0.4) is 0 Å². The predicted octanol–water partition coefficient (Wildman–Crippen LogP) is 3.51. The summed E-state index contributed by atoms with van der Waals surface area (Å²) in [4.78, 5) is 0. The number of ether oxygens (including phenoxy) is 1. The highest BCUT2D eigenvalue weighted by Crippen LogP contribution is 2.21. The van der Waals surface area contributed by atoms with Gasteiger partial charge in [0.1, 0.15) is 0 Å². The van der Waals surface area contributed by atoms with E-state index in [0.29, 0.717) is 6.54 Å². The first-order chi connectivity index (χ1) is 7.95. The van der Waals surface area contributed by atoms with E-state index in [1.165, 1.54) is 12.8 Å². The lowest BCUT2D eigenvalue weighted by Gasteiger charge is -2.14. The predicted molar refractivity (Wildman–Crippen MR) is 63.1 cm³/mol. The van der Waals surface area contributed by atoms with Gasteiger partial charge in [-0.05, 0) is 26.3 Å². The number of halogens is 3. The first-order valence-corrected chi connectivity index (χ1v) is 6.34. The summed E-state index contributed by atoms with van der Waals surface area (Å²) in [6.45, 7) is 5.85. The summed E-state index contributed by atoms with van der Waals surface area (Å²) in [6, 6.07) is 0. The Morgan fingerprint density at radius 2 is 1.88 bits per heavy atom. The van der Waals surface area contributed by atoms with E-state index in [4.69, 9.17) is 4.74 Å². The standard InChI is InChI=1S/C12H24F3NO/c1-3-4-5-8-16-10-11(2)17-9-6-7-12(13,14)15/h11,16H,3-10H2,1-2H3. The van der Waals surface area contributed by atoms with Crippen LogP contribution >= 0.6 is 0 Å². The Hall–Kier alpha value is -0.290. The van der Waals surface area contributed by atoms with Crippen molar-refractivity contribution in [1.82, 2.24) is 5.32 Å². The Bertz CT molecular complexity index is 174. The highest BCUT2D eigenvalue weighted by atomic mass is 19.4. The normalized spacial score (nSPS) is 13.9. The SMILES string of the molecule is CCCCCNCC(C)OCCCC(F)(F)F. The lowest BCUT2D eigenvalue weighted by Crippen LogP contribution is -2.28. The minimum Gasteiger partial charge on any atom is -0.377 e. The highest BCUT2D eigenvalue weighted by Gasteiger charge is 2.26. The number of hydrogen-bond acceptors (Lipinski definition) is 2. The fraction of sp³-hybridized carbons (Fsp3) is 1.00. The number of unbranched alkanes of at least 4 members (excludes halogenated alkanes) is 2. The molecule has 0 aliphatic carbocycles. The fourth-order valence-electron chi connectivity index (χ4n) is 1.42. The summed E-state index contributed by atoms with van der Waals surface area (Å²) in [5, 5.41) is 3.23. The van der Waals surface area contributed by atoms with E-state index in [9.17, 15) is 13.2 Å². The van der Waals surface area contributed by atoms with E-state index in [1.54, 1.807) is 0 Å². The molecule has 0 fully saturated rings. The quantitative estimate of drug-likeness (QED) is 0.603. The average Bonchev–Trinajstić information content (AvgIpc) is 2.23. The Morgan fingerprint density at radius 3 is 2.47 bits per heavy atom. The molecule has 0 heterocycles. The number of nitrogens with one attached hydrogen (secondary N) is 1. The fourth-order valence-corrected chi connectivity index (χ4v) is 1.42. The molecule has 0 amide bonds. The average molecular weight is 255 g/mol. The second kappa shape index (κ2) is 9.71. The molecule has 0 bridgehead atoms. The van der Waals surface area contributed by atoms with Gasteiger partial charge in [0.15, 0.2) is 0 Å². The van der Waals surface area contributed by atoms with Crippen molar-refractivity contribution in [2.24, 2.45) is 0 Å². The molecule has 0 aliphatic heterocycles. The van der Waals surface area contributed by atoms with E-state index >= 15 is 0 Å². The van der Waals surface area contributed by atoms with Gasteiger partial charge in [0.05, 0.1) is 6.10 Å². The van der Waals surface area contributed by atoms with Gasteiger partial charge in [0.2, 0.25) is 0 Å². The molecular formula is C12H24F3NO. The smallest absolute Gasteiger partial charge is 0.377 e. The van der Waals surface area contributed by atoms with E-state index in [-0.39, 0.29) is 19.1 Å². The maximum Gasteiger partial charge on any atom is 0.389 e. The Labute approximate surface area is 102 Å². The van der Waals surface area contributed by atoms with Crippen molar-refractivity contribution in [3.8, 4) is 0 Å². The molecular weight excluding hydrogens is 231 g/mol. The van der Waals surface area contributed by atoms with Crippen LogP contribution in [0.5, 0.6) is 0 Å². The number of hydrogen-bond donors (Lipinski definition) is 1. The van der Waals surface area contributed by atoms with Crippen LogP contribution in [0.4, 0.5) is 13.2 Å². The first-order valence-electron chi connectivity index (χ1n) is 6.34. The third-order valence-electron chi connectivity index (χ3n) is 2.40.